The molecule has 0 spiro atoms. The minimum Gasteiger partial charge on any atom is -0.398 e. The van der Waals surface area contributed by atoms with E-state index in [1.54, 1.807) is 0 Å². The Morgan fingerprint density at radius 3 is 2.52 bits per heavy atom. The predicted molar refractivity (Wildman–Crippen MR) is 72.7 cm³/mol. The van der Waals surface area contributed by atoms with E-state index in [9.17, 15) is 19.2 Å². The van der Waals surface area contributed by atoms with Crippen LogP contribution < -0.4 is 11.2 Å². The van der Waals surface area contributed by atoms with Crippen LogP contribution in [0.3, 0.4) is 0 Å². The molecule has 1 aromatic heterocycles. The smallest absolute Gasteiger partial charge is 0.273 e. The van der Waals surface area contributed by atoms with Crippen molar-refractivity contribution in [2.75, 3.05) is 5.73 Å². The Labute approximate surface area is 118 Å². The molecule has 7 heteroatoms. The van der Waals surface area contributed by atoms with E-state index in [0.29, 0.717) is 4.90 Å². The van der Waals surface area contributed by atoms with E-state index in [2.05, 4.69) is 4.98 Å². The number of H-pyrrole nitrogens is 1. The average molecular weight is 283 g/mol. The molecule has 3 N–H and O–H groups in total. The van der Waals surface area contributed by atoms with E-state index in [-0.39, 0.29) is 22.4 Å². The molecule has 0 unspecified atom stereocenters. The van der Waals surface area contributed by atoms with Gasteiger partial charge in [0.05, 0.1) is 11.1 Å². The fourth-order valence-corrected chi connectivity index (χ4v) is 2.20. The maximum atomic E-state index is 12.3. The summed E-state index contributed by atoms with van der Waals surface area (Å²) in [6, 6.07) is 5.53. The number of rotatable bonds is 1. The normalized spacial score (nSPS) is 13.4. The maximum absolute atomic E-state index is 12.3. The highest BCUT2D eigenvalue weighted by Gasteiger charge is 2.42. The van der Waals surface area contributed by atoms with Gasteiger partial charge in [0.1, 0.15) is 5.56 Å². The minimum absolute atomic E-state index is 0.0109. The minimum atomic E-state index is -0.970. The summed E-state index contributed by atoms with van der Waals surface area (Å²) in [5.41, 5.74) is 4.97. The molecule has 2 aromatic rings. The van der Waals surface area contributed by atoms with Crippen LogP contribution in [0.5, 0.6) is 0 Å². The van der Waals surface area contributed by atoms with Crippen LogP contribution >= 0.6 is 0 Å². The summed E-state index contributed by atoms with van der Waals surface area (Å²) < 4.78 is 0. The van der Waals surface area contributed by atoms with Gasteiger partial charge in [-0.25, -0.2) is 4.90 Å². The van der Waals surface area contributed by atoms with Crippen molar-refractivity contribution in [3.05, 3.63) is 63.6 Å². The number of amides is 3. The van der Waals surface area contributed by atoms with E-state index in [1.807, 2.05) is 0 Å². The van der Waals surface area contributed by atoms with Crippen LogP contribution in [0.4, 0.5) is 5.69 Å². The number of nitrogens with one attached hydrogen (secondary N) is 1. The van der Waals surface area contributed by atoms with Gasteiger partial charge in [0.25, 0.3) is 17.7 Å². The molecule has 0 atom stereocenters. The molecule has 0 saturated carbocycles. The summed E-state index contributed by atoms with van der Waals surface area (Å²) in [6.45, 7) is 0. The first-order valence-corrected chi connectivity index (χ1v) is 6.01. The van der Waals surface area contributed by atoms with Gasteiger partial charge in [-0.1, -0.05) is 6.07 Å². The zero-order valence-corrected chi connectivity index (χ0v) is 10.6. The molecule has 7 nitrogen and oxygen atoms in total. The fraction of sp³-hybridized carbons (Fsp3) is 0. The first-order chi connectivity index (χ1) is 10.0. The number of nitrogen functional groups attached to an aromatic ring is 1. The number of nitrogens with two attached hydrogens (primary N) is 1. The van der Waals surface area contributed by atoms with E-state index < -0.39 is 23.2 Å². The number of fused-ring (bicyclic) bond motifs is 1. The number of imide groups is 3. The molecule has 1 aliphatic rings. The first kappa shape index (κ1) is 12.8. The molecule has 104 valence electrons. The number of aromatic nitrogens is 1. The Kier molecular flexibility index (Phi) is 2.69. The molecule has 0 saturated heterocycles. The van der Waals surface area contributed by atoms with Gasteiger partial charge < -0.3 is 10.7 Å². The molecule has 3 amide bonds. The van der Waals surface area contributed by atoms with Gasteiger partial charge in [-0.3, -0.25) is 19.2 Å². The number of anilines is 1. The number of hydrogen-bond donors (Lipinski definition) is 2. The van der Waals surface area contributed by atoms with Crippen molar-refractivity contribution in [3.8, 4) is 0 Å². The maximum Gasteiger partial charge on any atom is 0.273 e. The van der Waals surface area contributed by atoms with Crippen LogP contribution in [0.15, 0.2) is 41.5 Å². The predicted octanol–water partition coefficient (Wildman–Crippen LogP) is 0.393. The molecule has 1 aromatic carbocycles. The van der Waals surface area contributed by atoms with Crippen molar-refractivity contribution in [2.24, 2.45) is 0 Å². The van der Waals surface area contributed by atoms with E-state index in [4.69, 9.17) is 5.73 Å². The molecular formula is C14H9N3O4. The van der Waals surface area contributed by atoms with Crippen LogP contribution in [-0.4, -0.2) is 27.6 Å². The Balaban J connectivity index is 2.11. The van der Waals surface area contributed by atoms with Crippen LogP contribution in [0.25, 0.3) is 0 Å². The molecule has 21 heavy (non-hydrogen) atoms. The molecule has 2 heterocycles. The molecular weight excluding hydrogens is 274 g/mol. The van der Waals surface area contributed by atoms with Crippen molar-refractivity contribution in [1.29, 1.82) is 0 Å². The van der Waals surface area contributed by atoms with Gasteiger partial charge in [0.15, 0.2) is 5.43 Å². The van der Waals surface area contributed by atoms with E-state index >= 15 is 0 Å². The monoisotopic (exact) mass is 283 g/mol. The number of hydrogen-bond acceptors (Lipinski definition) is 5. The Bertz CT molecular complexity index is 853. The second-order valence-electron chi connectivity index (χ2n) is 4.44. The largest absolute Gasteiger partial charge is 0.398 e. The number of pyridine rings is 1. The molecule has 0 aliphatic carbocycles. The third kappa shape index (κ3) is 1.75. The Hall–Kier alpha value is -3.22. The van der Waals surface area contributed by atoms with Crippen LogP contribution in [0.1, 0.15) is 31.1 Å². The Morgan fingerprint density at radius 2 is 1.86 bits per heavy atom. The summed E-state index contributed by atoms with van der Waals surface area (Å²) >= 11 is 0. The van der Waals surface area contributed by atoms with E-state index in [0.717, 1.165) is 12.3 Å². The second-order valence-corrected chi connectivity index (χ2v) is 4.44. The lowest BCUT2D eigenvalue weighted by molar-refractivity contribution is 0.0565. The van der Waals surface area contributed by atoms with Crippen molar-refractivity contribution < 1.29 is 14.4 Å². The number of aromatic amines is 1. The molecule has 3 rings (SSSR count). The van der Waals surface area contributed by atoms with Gasteiger partial charge >= 0.3 is 0 Å². The highest BCUT2D eigenvalue weighted by atomic mass is 16.2. The highest BCUT2D eigenvalue weighted by Crippen LogP contribution is 2.28. The highest BCUT2D eigenvalue weighted by molar-refractivity contribution is 6.32. The number of nitrogens with zero attached hydrogens (tertiary/aromatic N) is 1. The average Bonchev–Trinajstić information content (AvgIpc) is 2.72. The second kappa shape index (κ2) is 4.41. The Morgan fingerprint density at radius 1 is 1.10 bits per heavy atom. The number of carbonyl (C=O) groups is 3. The van der Waals surface area contributed by atoms with Gasteiger partial charge in [0, 0.05) is 24.1 Å². The summed E-state index contributed by atoms with van der Waals surface area (Å²) in [5, 5.41) is 0. The quantitative estimate of drug-likeness (QED) is 0.580. The van der Waals surface area contributed by atoms with Gasteiger partial charge in [-0.15, -0.1) is 0 Å². The third-order valence-electron chi connectivity index (χ3n) is 3.20. The summed E-state index contributed by atoms with van der Waals surface area (Å²) in [4.78, 5) is 51.4. The summed E-state index contributed by atoms with van der Waals surface area (Å²) in [6.07, 6.45) is 2.50. The van der Waals surface area contributed by atoms with Crippen molar-refractivity contribution in [1.82, 2.24) is 9.88 Å². The first-order valence-electron chi connectivity index (χ1n) is 6.01. The lowest BCUT2D eigenvalue weighted by Crippen LogP contribution is -2.38. The molecule has 0 bridgehead atoms. The van der Waals surface area contributed by atoms with E-state index in [1.165, 1.54) is 24.4 Å². The molecule has 0 radical (unpaired) electrons. The van der Waals surface area contributed by atoms with Gasteiger partial charge in [-0.05, 0) is 12.1 Å². The van der Waals surface area contributed by atoms with Crippen molar-refractivity contribution in [2.45, 2.75) is 0 Å². The fourth-order valence-electron chi connectivity index (χ4n) is 2.20. The summed E-state index contributed by atoms with van der Waals surface area (Å²) in [5.74, 6) is -2.57. The van der Waals surface area contributed by atoms with Crippen molar-refractivity contribution in [3.63, 3.8) is 0 Å². The summed E-state index contributed by atoms with van der Waals surface area (Å²) in [7, 11) is 0. The molecule has 0 fully saturated rings. The lowest BCUT2D eigenvalue weighted by Gasteiger charge is -2.11. The van der Waals surface area contributed by atoms with Gasteiger partial charge in [-0.2, -0.15) is 0 Å². The van der Waals surface area contributed by atoms with Crippen LogP contribution in [-0.2, 0) is 0 Å². The number of carbonyl (C=O) groups excluding carboxylic acids is 3. The molecule has 1 aliphatic heterocycles. The standard InChI is InChI=1S/C14H9N3O4/c15-9-3-1-2-7-11(9)14(21)17(12(7)19)13(20)8-6-16-5-4-10(8)18/h1-6H,15H2,(H,16,18). The van der Waals surface area contributed by atoms with Crippen molar-refractivity contribution >= 4 is 23.4 Å². The SMILES string of the molecule is Nc1cccc2c1C(=O)N(C(=O)c1c[nH]ccc1=O)C2=O. The van der Waals surface area contributed by atoms with Gasteiger partial charge in [0.2, 0.25) is 0 Å². The van der Waals surface area contributed by atoms with Crippen LogP contribution in [0.2, 0.25) is 0 Å². The van der Waals surface area contributed by atoms with Crippen LogP contribution in [0, 0.1) is 0 Å². The zero-order chi connectivity index (χ0) is 15.1. The zero-order valence-electron chi connectivity index (χ0n) is 10.6. The topological polar surface area (TPSA) is 113 Å². The third-order valence-corrected chi connectivity index (χ3v) is 3.20. The lowest BCUT2D eigenvalue weighted by atomic mass is 10.1. The number of benzene rings is 1.